The standard InChI is InChI=1S/C22H17ClN4OS/c23-18-5-4-8-20(13-18)27-15-24-26-22(27)29-14-16-9-11-17(12-10-16)21(28)25-19-6-2-1-3-7-19/h1-13,15H,14H2,(H,25,28). The number of carbonyl (C=O) groups excluding carboxylic acids is 1. The van der Waals surface area contributed by atoms with Crippen LogP contribution in [0.25, 0.3) is 5.69 Å². The highest BCUT2D eigenvalue weighted by Crippen LogP contribution is 2.25. The van der Waals surface area contributed by atoms with Gasteiger partial charge in [0.1, 0.15) is 6.33 Å². The fourth-order valence-electron chi connectivity index (χ4n) is 2.75. The first-order valence-electron chi connectivity index (χ1n) is 8.93. The van der Waals surface area contributed by atoms with Crippen LogP contribution in [0.1, 0.15) is 15.9 Å². The molecule has 0 aliphatic carbocycles. The molecule has 0 aliphatic heterocycles. The SMILES string of the molecule is O=C(Nc1ccccc1)c1ccc(CSc2nncn2-c2cccc(Cl)c2)cc1. The van der Waals surface area contributed by atoms with Gasteiger partial charge in [0.05, 0.1) is 5.69 Å². The summed E-state index contributed by atoms with van der Waals surface area (Å²) in [6.07, 6.45) is 1.67. The minimum absolute atomic E-state index is 0.129. The molecule has 0 spiro atoms. The Labute approximate surface area is 177 Å². The Morgan fingerprint density at radius 2 is 1.79 bits per heavy atom. The fraction of sp³-hybridized carbons (Fsp3) is 0.0455. The third-order valence-corrected chi connectivity index (χ3v) is 5.47. The molecule has 29 heavy (non-hydrogen) atoms. The molecule has 0 fully saturated rings. The van der Waals surface area contributed by atoms with Crippen LogP contribution in [-0.2, 0) is 5.75 Å². The van der Waals surface area contributed by atoms with Gasteiger partial charge in [-0.3, -0.25) is 9.36 Å². The number of anilines is 1. The summed E-state index contributed by atoms with van der Waals surface area (Å²) in [6, 6.07) is 24.5. The van der Waals surface area contributed by atoms with E-state index in [1.165, 1.54) is 0 Å². The first kappa shape index (κ1) is 19.2. The van der Waals surface area contributed by atoms with Crippen molar-refractivity contribution in [2.24, 2.45) is 0 Å². The van der Waals surface area contributed by atoms with Crippen molar-refractivity contribution >= 4 is 35.0 Å². The molecule has 7 heteroatoms. The lowest BCUT2D eigenvalue weighted by atomic mass is 10.1. The van der Waals surface area contributed by atoms with Gasteiger partial charge in [-0.2, -0.15) is 0 Å². The molecule has 0 unspecified atom stereocenters. The van der Waals surface area contributed by atoms with Crippen LogP contribution in [0.3, 0.4) is 0 Å². The molecule has 1 N–H and O–H groups in total. The molecule has 0 atom stereocenters. The Morgan fingerprint density at radius 1 is 1.00 bits per heavy atom. The molecule has 3 aromatic carbocycles. The number of benzene rings is 3. The van der Waals surface area contributed by atoms with Crippen LogP contribution < -0.4 is 5.32 Å². The molecule has 1 heterocycles. The van der Waals surface area contributed by atoms with Gasteiger partial charge in [-0.15, -0.1) is 10.2 Å². The summed E-state index contributed by atoms with van der Waals surface area (Å²) in [5.74, 6) is 0.580. The molecular weight excluding hydrogens is 404 g/mol. The largest absolute Gasteiger partial charge is 0.322 e. The quantitative estimate of drug-likeness (QED) is 0.420. The molecular formula is C22H17ClN4OS. The van der Waals surface area contributed by atoms with Gasteiger partial charge < -0.3 is 5.32 Å². The van der Waals surface area contributed by atoms with E-state index in [0.717, 1.165) is 22.1 Å². The maximum atomic E-state index is 12.4. The van der Waals surface area contributed by atoms with Gasteiger partial charge >= 0.3 is 0 Å². The first-order chi connectivity index (χ1) is 14.2. The van der Waals surface area contributed by atoms with E-state index in [0.29, 0.717) is 16.3 Å². The molecule has 0 aliphatic rings. The third kappa shape index (κ3) is 4.85. The Kier molecular flexibility index (Phi) is 5.93. The van der Waals surface area contributed by atoms with Crippen molar-refractivity contribution in [1.29, 1.82) is 0 Å². The van der Waals surface area contributed by atoms with Crippen molar-refractivity contribution in [3.05, 3.63) is 101 Å². The lowest BCUT2D eigenvalue weighted by molar-refractivity contribution is 0.102. The highest BCUT2D eigenvalue weighted by molar-refractivity contribution is 7.98. The number of nitrogens with one attached hydrogen (secondary N) is 1. The van der Waals surface area contributed by atoms with Crippen molar-refractivity contribution in [2.75, 3.05) is 5.32 Å². The van der Waals surface area contributed by atoms with E-state index in [2.05, 4.69) is 15.5 Å². The van der Waals surface area contributed by atoms with Crippen molar-refractivity contribution in [2.45, 2.75) is 10.9 Å². The van der Waals surface area contributed by atoms with Crippen molar-refractivity contribution in [3.8, 4) is 5.69 Å². The second kappa shape index (κ2) is 8.94. The number of rotatable bonds is 6. The van der Waals surface area contributed by atoms with Crippen LogP contribution in [0.15, 0.2) is 90.3 Å². The Bertz CT molecular complexity index is 1110. The van der Waals surface area contributed by atoms with Crippen LogP contribution in [-0.4, -0.2) is 20.7 Å². The van der Waals surface area contributed by atoms with Crippen LogP contribution in [0.5, 0.6) is 0 Å². The van der Waals surface area contributed by atoms with Gasteiger partial charge in [0.25, 0.3) is 5.91 Å². The fourth-order valence-corrected chi connectivity index (χ4v) is 3.82. The van der Waals surface area contributed by atoms with Crippen molar-refractivity contribution in [3.63, 3.8) is 0 Å². The van der Waals surface area contributed by atoms with E-state index >= 15 is 0 Å². The summed E-state index contributed by atoms with van der Waals surface area (Å²) in [6.45, 7) is 0. The summed E-state index contributed by atoms with van der Waals surface area (Å²) in [7, 11) is 0. The predicted octanol–water partition coefficient (Wildman–Crippen LogP) is 5.47. The summed E-state index contributed by atoms with van der Waals surface area (Å²) in [5, 5.41) is 12.5. The van der Waals surface area contributed by atoms with Crippen LogP contribution in [0.4, 0.5) is 5.69 Å². The number of amides is 1. The van der Waals surface area contributed by atoms with Gasteiger partial charge in [-0.25, -0.2) is 0 Å². The number of hydrogen-bond acceptors (Lipinski definition) is 4. The number of aromatic nitrogens is 3. The monoisotopic (exact) mass is 420 g/mol. The second-order valence-corrected chi connectivity index (χ2v) is 7.65. The van der Waals surface area contributed by atoms with Crippen LogP contribution >= 0.6 is 23.4 Å². The maximum Gasteiger partial charge on any atom is 0.255 e. The van der Waals surface area contributed by atoms with Gasteiger partial charge in [-0.05, 0) is 48.0 Å². The van der Waals surface area contributed by atoms with Crippen molar-refractivity contribution in [1.82, 2.24) is 14.8 Å². The van der Waals surface area contributed by atoms with Crippen LogP contribution in [0, 0.1) is 0 Å². The zero-order valence-electron chi connectivity index (χ0n) is 15.3. The van der Waals surface area contributed by atoms with Gasteiger partial charge in [0, 0.05) is 22.0 Å². The number of thioether (sulfide) groups is 1. The number of carbonyl (C=O) groups is 1. The minimum Gasteiger partial charge on any atom is -0.322 e. The molecule has 1 amide bonds. The lowest BCUT2D eigenvalue weighted by Gasteiger charge is -2.08. The Hall–Kier alpha value is -3.09. The number of halogens is 1. The average Bonchev–Trinajstić information content (AvgIpc) is 3.22. The summed E-state index contributed by atoms with van der Waals surface area (Å²) in [5.41, 5.74) is 3.40. The molecule has 0 saturated heterocycles. The normalized spacial score (nSPS) is 10.7. The molecule has 144 valence electrons. The molecule has 5 nitrogen and oxygen atoms in total. The predicted molar refractivity (Wildman–Crippen MR) is 117 cm³/mol. The van der Waals surface area contributed by atoms with Gasteiger partial charge in [0.15, 0.2) is 5.16 Å². The Morgan fingerprint density at radius 3 is 2.55 bits per heavy atom. The van der Waals surface area contributed by atoms with E-state index < -0.39 is 0 Å². The third-order valence-electron chi connectivity index (χ3n) is 4.22. The molecule has 4 rings (SSSR count). The summed E-state index contributed by atoms with van der Waals surface area (Å²) < 4.78 is 1.90. The highest BCUT2D eigenvalue weighted by Gasteiger charge is 2.09. The number of hydrogen-bond donors (Lipinski definition) is 1. The first-order valence-corrected chi connectivity index (χ1v) is 10.3. The topological polar surface area (TPSA) is 59.8 Å². The summed E-state index contributed by atoms with van der Waals surface area (Å²) >= 11 is 7.65. The highest BCUT2D eigenvalue weighted by atomic mass is 35.5. The van der Waals surface area contributed by atoms with E-state index in [9.17, 15) is 4.79 Å². The molecule has 4 aromatic rings. The van der Waals surface area contributed by atoms with E-state index in [4.69, 9.17) is 11.6 Å². The van der Waals surface area contributed by atoms with E-state index in [1.807, 2.05) is 83.4 Å². The van der Waals surface area contributed by atoms with Gasteiger partial charge in [-0.1, -0.05) is 59.8 Å². The smallest absolute Gasteiger partial charge is 0.255 e. The van der Waals surface area contributed by atoms with Gasteiger partial charge in [0.2, 0.25) is 0 Å². The molecule has 0 saturated carbocycles. The summed E-state index contributed by atoms with van der Waals surface area (Å²) in [4.78, 5) is 12.4. The van der Waals surface area contributed by atoms with Crippen molar-refractivity contribution < 1.29 is 4.79 Å². The zero-order valence-corrected chi connectivity index (χ0v) is 16.9. The maximum absolute atomic E-state index is 12.4. The zero-order chi connectivity index (χ0) is 20.1. The average molecular weight is 421 g/mol. The second-order valence-electron chi connectivity index (χ2n) is 6.27. The van der Waals surface area contributed by atoms with Crippen LogP contribution in [0.2, 0.25) is 5.02 Å². The van der Waals surface area contributed by atoms with E-state index in [1.54, 1.807) is 18.1 Å². The molecule has 1 aromatic heterocycles. The molecule has 0 radical (unpaired) electrons. The van der Waals surface area contributed by atoms with E-state index in [-0.39, 0.29) is 5.91 Å². The number of nitrogens with zero attached hydrogens (tertiary/aromatic N) is 3. The molecule has 0 bridgehead atoms. The lowest BCUT2D eigenvalue weighted by Crippen LogP contribution is -2.11. The Balaban J connectivity index is 1.40. The minimum atomic E-state index is -0.129. The number of para-hydroxylation sites is 1.